The maximum Gasteiger partial charge on any atom is 0.330 e. The molecule has 0 radical (unpaired) electrons. The van der Waals surface area contributed by atoms with Crippen LogP contribution in [0.5, 0.6) is 0 Å². The van der Waals surface area contributed by atoms with Crippen molar-refractivity contribution in [1.82, 2.24) is 9.55 Å². The molecule has 1 aromatic heterocycles. The molecule has 0 aliphatic carbocycles. The van der Waals surface area contributed by atoms with Crippen LogP contribution in [0.4, 0.5) is 0 Å². The molecule has 4 N–H and O–H groups in total. The molecule has 10 nitrogen and oxygen atoms in total. The SMILES string of the molecule is O=COCc1cn([C@H]2O[C@H](CO)[C@@H](O)[C@@H]2O)c(=O)[nH]c1=O. The number of hydrogen-bond donors (Lipinski definition) is 4. The molecule has 10 heteroatoms. The van der Waals surface area contributed by atoms with Gasteiger partial charge in [0.05, 0.1) is 12.2 Å². The average Bonchev–Trinajstić information content (AvgIpc) is 2.74. The third-order valence-corrected chi connectivity index (χ3v) is 3.14. The highest BCUT2D eigenvalue weighted by molar-refractivity contribution is 5.37. The van der Waals surface area contributed by atoms with Gasteiger partial charge in [0.25, 0.3) is 12.0 Å². The normalized spacial score (nSPS) is 28.5. The number of aliphatic hydroxyl groups is 3. The zero-order valence-corrected chi connectivity index (χ0v) is 10.7. The lowest BCUT2D eigenvalue weighted by Gasteiger charge is -2.17. The van der Waals surface area contributed by atoms with Crippen molar-refractivity contribution >= 4 is 6.47 Å². The summed E-state index contributed by atoms with van der Waals surface area (Å²) < 4.78 is 10.5. The topological polar surface area (TPSA) is 151 Å². The standard InChI is InChI=1S/C11H14N2O8/c14-2-6-7(16)8(17)10(21-6)13-1-5(3-20-4-15)9(18)12-11(13)19/h1,4,6-8,10,14,16-17H,2-3H2,(H,12,18,19)/t6-,7-,8+,10+/m1/s1. The molecule has 0 spiro atoms. The van der Waals surface area contributed by atoms with Crippen molar-refractivity contribution in [2.24, 2.45) is 0 Å². The van der Waals surface area contributed by atoms with E-state index in [0.29, 0.717) is 0 Å². The van der Waals surface area contributed by atoms with Crippen molar-refractivity contribution in [2.75, 3.05) is 6.61 Å². The van der Waals surface area contributed by atoms with Crippen LogP contribution < -0.4 is 11.2 Å². The van der Waals surface area contributed by atoms with Crippen LogP contribution in [0.25, 0.3) is 0 Å². The number of carbonyl (C=O) groups is 1. The number of ether oxygens (including phenoxy) is 2. The molecule has 21 heavy (non-hydrogen) atoms. The number of nitrogens with one attached hydrogen (secondary N) is 1. The smallest absolute Gasteiger partial charge is 0.330 e. The molecule has 0 bridgehead atoms. The fourth-order valence-corrected chi connectivity index (χ4v) is 2.05. The van der Waals surface area contributed by atoms with E-state index in [1.807, 2.05) is 4.98 Å². The average molecular weight is 302 g/mol. The predicted octanol–water partition coefficient (Wildman–Crippen LogP) is -3.18. The van der Waals surface area contributed by atoms with Crippen LogP contribution in [-0.2, 0) is 20.9 Å². The number of carbonyl (C=O) groups excluding carboxylic acids is 1. The van der Waals surface area contributed by atoms with Gasteiger partial charge in [0.1, 0.15) is 24.9 Å². The van der Waals surface area contributed by atoms with E-state index >= 15 is 0 Å². The highest BCUT2D eigenvalue weighted by Gasteiger charge is 2.43. The minimum absolute atomic E-state index is 0.0422. The highest BCUT2D eigenvalue weighted by Crippen LogP contribution is 2.27. The maximum absolute atomic E-state index is 11.8. The van der Waals surface area contributed by atoms with Crippen LogP contribution in [0.15, 0.2) is 15.8 Å². The first-order chi connectivity index (χ1) is 9.99. The third-order valence-electron chi connectivity index (χ3n) is 3.14. The minimum atomic E-state index is -1.47. The monoisotopic (exact) mass is 302 g/mol. The van der Waals surface area contributed by atoms with E-state index in [4.69, 9.17) is 9.84 Å². The van der Waals surface area contributed by atoms with Gasteiger partial charge in [-0.2, -0.15) is 0 Å². The quantitative estimate of drug-likeness (QED) is 0.416. The zero-order chi connectivity index (χ0) is 15.6. The summed E-state index contributed by atoms with van der Waals surface area (Å²) in [5.41, 5.74) is -1.66. The first-order valence-corrected chi connectivity index (χ1v) is 6.01. The Bertz CT molecular complexity index is 623. The molecule has 1 aliphatic rings. The molecule has 0 amide bonds. The van der Waals surface area contributed by atoms with Crippen molar-refractivity contribution in [1.29, 1.82) is 0 Å². The summed E-state index contributed by atoms with van der Waals surface area (Å²) in [6, 6.07) is 0. The van der Waals surface area contributed by atoms with Crippen molar-refractivity contribution in [3.05, 3.63) is 32.6 Å². The molecule has 0 unspecified atom stereocenters. The van der Waals surface area contributed by atoms with Gasteiger partial charge in [-0.15, -0.1) is 0 Å². The number of H-pyrrole nitrogens is 1. The van der Waals surface area contributed by atoms with Crippen molar-refractivity contribution in [3.8, 4) is 0 Å². The van der Waals surface area contributed by atoms with E-state index in [1.54, 1.807) is 0 Å². The van der Waals surface area contributed by atoms with Gasteiger partial charge in [0.2, 0.25) is 0 Å². The zero-order valence-electron chi connectivity index (χ0n) is 10.7. The van der Waals surface area contributed by atoms with Crippen molar-refractivity contribution in [2.45, 2.75) is 31.1 Å². The Balaban J connectivity index is 2.37. The molecule has 0 aromatic carbocycles. The van der Waals surface area contributed by atoms with Gasteiger partial charge in [0, 0.05) is 6.20 Å². The lowest BCUT2D eigenvalue weighted by molar-refractivity contribution is -0.129. The maximum atomic E-state index is 11.8. The summed E-state index contributed by atoms with van der Waals surface area (Å²) >= 11 is 0. The van der Waals surface area contributed by atoms with E-state index < -0.39 is 42.4 Å². The lowest BCUT2D eigenvalue weighted by Crippen LogP contribution is -2.39. The molecule has 116 valence electrons. The Morgan fingerprint density at radius 2 is 2.10 bits per heavy atom. The molecule has 1 fully saturated rings. The van der Waals surface area contributed by atoms with Crippen molar-refractivity contribution < 1.29 is 29.6 Å². The van der Waals surface area contributed by atoms with Crippen LogP contribution in [0.2, 0.25) is 0 Å². The fraction of sp³-hybridized carbons (Fsp3) is 0.545. The largest absolute Gasteiger partial charge is 0.463 e. The number of aromatic amines is 1. The van der Waals surface area contributed by atoms with E-state index in [-0.39, 0.29) is 18.6 Å². The molecule has 2 rings (SSSR count). The molecule has 2 heterocycles. The summed E-state index contributed by atoms with van der Waals surface area (Å²) in [6.07, 6.45) is -4.13. The Morgan fingerprint density at radius 1 is 1.38 bits per heavy atom. The van der Waals surface area contributed by atoms with Gasteiger partial charge in [-0.1, -0.05) is 0 Å². The van der Waals surface area contributed by atoms with Gasteiger partial charge < -0.3 is 24.8 Å². The number of aliphatic hydroxyl groups excluding tert-OH is 3. The summed E-state index contributed by atoms with van der Waals surface area (Å²) in [5, 5.41) is 28.5. The molecule has 1 aliphatic heterocycles. The highest BCUT2D eigenvalue weighted by atomic mass is 16.6. The number of aromatic nitrogens is 2. The van der Waals surface area contributed by atoms with Crippen LogP contribution in [-0.4, -0.2) is 56.3 Å². The second kappa shape index (κ2) is 6.18. The molecule has 0 saturated carbocycles. The predicted molar refractivity (Wildman–Crippen MR) is 65.2 cm³/mol. The van der Waals surface area contributed by atoms with Gasteiger partial charge in [-0.3, -0.25) is 19.1 Å². The first-order valence-electron chi connectivity index (χ1n) is 6.01. The van der Waals surface area contributed by atoms with Crippen LogP contribution in [0.3, 0.4) is 0 Å². The van der Waals surface area contributed by atoms with Crippen LogP contribution in [0.1, 0.15) is 11.8 Å². The van der Waals surface area contributed by atoms with Gasteiger partial charge >= 0.3 is 5.69 Å². The Labute approximate surface area is 117 Å². The summed E-state index contributed by atoms with van der Waals surface area (Å²) in [7, 11) is 0. The number of hydrogen-bond acceptors (Lipinski definition) is 8. The van der Waals surface area contributed by atoms with Crippen molar-refractivity contribution in [3.63, 3.8) is 0 Å². The minimum Gasteiger partial charge on any atom is -0.463 e. The fourth-order valence-electron chi connectivity index (χ4n) is 2.05. The second-order valence-electron chi connectivity index (χ2n) is 4.46. The molecule has 1 aromatic rings. The van der Waals surface area contributed by atoms with E-state index in [2.05, 4.69) is 4.74 Å². The van der Waals surface area contributed by atoms with E-state index in [1.165, 1.54) is 0 Å². The molecular weight excluding hydrogens is 288 g/mol. The third kappa shape index (κ3) is 2.88. The first kappa shape index (κ1) is 15.4. The lowest BCUT2D eigenvalue weighted by atomic mass is 10.1. The van der Waals surface area contributed by atoms with Gasteiger partial charge in [-0.25, -0.2) is 4.79 Å². The number of nitrogens with zero attached hydrogens (tertiary/aromatic N) is 1. The van der Waals surface area contributed by atoms with E-state index in [9.17, 15) is 24.6 Å². The Kier molecular flexibility index (Phi) is 4.53. The molecule has 1 saturated heterocycles. The number of rotatable bonds is 5. The Hall–Kier alpha value is -2.01. The van der Waals surface area contributed by atoms with E-state index in [0.717, 1.165) is 10.8 Å². The molecular formula is C11H14N2O8. The second-order valence-corrected chi connectivity index (χ2v) is 4.46. The van der Waals surface area contributed by atoms with Gasteiger partial charge in [0.15, 0.2) is 6.23 Å². The molecule has 4 atom stereocenters. The van der Waals surface area contributed by atoms with Crippen LogP contribution in [0, 0.1) is 0 Å². The van der Waals surface area contributed by atoms with Gasteiger partial charge in [-0.05, 0) is 0 Å². The summed E-state index contributed by atoms with van der Waals surface area (Å²) in [5.74, 6) is 0. The Morgan fingerprint density at radius 3 is 2.67 bits per heavy atom. The summed E-state index contributed by atoms with van der Waals surface area (Å²) in [4.78, 5) is 35.4. The van der Waals surface area contributed by atoms with Crippen LogP contribution >= 0.6 is 0 Å². The summed E-state index contributed by atoms with van der Waals surface area (Å²) in [6.45, 7) is -0.775.